The average Bonchev–Trinajstić information content (AvgIpc) is 2.83. The second-order valence-corrected chi connectivity index (χ2v) is 8.35. The molecular weight excluding hydrogens is 418 g/mol. The fraction of sp³-hybridized carbons (Fsp3) is 0.222. The van der Waals surface area contributed by atoms with E-state index in [2.05, 4.69) is 58.2 Å². The molecule has 164 valence electrons. The molecule has 0 bridgehead atoms. The number of hydrogen-bond acceptors (Lipinski definition) is 4. The molecule has 2 aromatic carbocycles. The van der Waals surface area contributed by atoms with Gasteiger partial charge in [0.25, 0.3) is 0 Å². The zero-order valence-corrected chi connectivity index (χ0v) is 19.5. The summed E-state index contributed by atoms with van der Waals surface area (Å²) in [6, 6.07) is 20.2. The number of halogens is 1. The van der Waals surface area contributed by atoms with Gasteiger partial charge in [-0.2, -0.15) is 0 Å². The first-order valence-electron chi connectivity index (χ1n) is 10.9. The molecule has 0 atom stereocenters. The van der Waals surface area contributed by atoms with Crippen molar-refractivity contribution in [2.45, 2.75) is 13.3 Å². The van der Waals surface area contributed by atoms with Crippen molar-refractivity contribution >= 4 is 34.1 Å². The van der Waals surface area contributed by atoms with Crippen LogP contribution in [-0.4, -0.2) is 32.2 Å². The summed E-state index contributed by atoms with van der Waals surface area (Å²) in [5.74, 6) is 0.886. The molecule has 0 fully saturated rings. The molecule has 0 unspecified atom stereocenters. The van der Waals surface area contributed by atoms with Crippen LogP contribution in [0.1, 0.15) is 24.6 Å². The molecule has 0 spiro atoms. The number of benzene rings is 2. The summed E-state index contributed by atoms with van der Waals surface area (Å²) in [7, 11) is 4.08. The van der Waals surface area contributed by atoms with Crippen LogP contribution in [0.3, 0.4) is 0 Å². The van der Waals surface area contributed by atoms with Crippen molar-refractivity contribution in [1.29, 1.82) is 0 Å². The van der Waals surface area contributed by atoms with Crippen LogP contribution >= 0.6 is 11.6 Å². The molecule has 0 aliphatic carbocycles. The second-order valence-electron chi connectivity index (χ2n) is 7.95. The summed E-state index contributed by atoms with van der Waals surface area (Å²) >= 11 is 6.59. The van der Waals surface area contributed by atoms with Crippen LogP contribution in [0, 0.1) is 0 Å². The van der Waals surface area contributed by atoms with Crippen LogP contribution in [0.5, 0.6) is 5.75 Å². The monoisotopic (exact) mass is 445 g/mol. The number of aromatic nitrogens is 1. The van der Waals surface area contributed by atoms with Gasteiger partial charge < -0.3 is 14.5 Å². The Labute approximate surface area is 195 Å². The quantitative estimate of drug-likeness (QED) is 0.413. The van der Waals surface area contributed by atoms with Crippen LogP contribution in [-0.2, 0) is 0 Å². The van der Waals surface area contributed by atoms with E-state index in [1.807, 2.05) is 56.7 Å². The van der Waals surface area contributed by atoms with Crippen LogP contribution < -0.4 is 14.5 Å². The number of pyridine rings is 1. The summed E-state index contributed by atoms with van der Waals surface area (Å²) in [5, 5.41) is 0.741. The molecule has 4 rings (SSSR count). The average molecular weight is 446 g/mol. The lowest BCUT2D eigenvalue weighted by Gasteiger charge is -2.31. The zero-order valence-electron chi connectivity index (χ0n) is 18.8. The van der Waals surface area contributed by atoms with E-state index in [4.69, 9.17) is 16.3 Å². The number of nitrogens with zero attached hydrogens (tertiary/aromatic N) is 3. The predicted octanol–water partition coefficient (Wildman–Crippen LogP) is 6.53. The smallest absolute Gasteiger partial charge is 0.166 e. The van der Waals surface area contributed by atoms with Crippen molar-refractivity contribution in [2.24, 2.45) is 0 Å². The first kappa shape index (κ1) is 22.0. The number of hydrogen-bond donors (Lipinski definition) is 0. The first-order chi connectivity index (χ1) is 15.6. The second kappa shape index (κ2) is 9.92. The Balaban J connectivity index is 1.84. The van der Waals surface area contributed by atoms with Crippen molar-refractivity contribution in [1.82, 2.24) is 4.98 Å². The standard InChI is InChI=1S/C27H28ClN3O/c1-4-16-32-27-25(30(2)3)13-9-14-26(27)31-18-20(22-10-5-6-11-23(22)28)17-21(19-31)24-12-7-8-15-29-24/h5-15,17,19H,4,16,18H2,1-3H3. The Morgan fingerprint density at radius 3 is 2.56 bits per heavy atom. The van der Waals surface area contributed by atoms with Crippen molar-refractivity contribution < 1.29 is 4.74 Å². The van der Waals surface area contributed by atoms with Crippen LogP contribution in [0.15, 0.2) is 79.1 Å². The summed E-state index contributed by atoms with van der Waals surface area (Å²) in [6.45, 7) is 3.46. The third kappa shape index (κ3) is 4.66. The molecule has 1 aromatic heterocycles. The number of para-hydroxylation sites is 1. The Morgan fingerprint density at radius 2 is 1.84 bits per heavy atom. The van der Waals surface area contributed by atoms with Gasteiger partial charge in [-0.15, -0.1) is 0 Å². The number of allylic oxidation sites excluding steroid dienone is 2. The SMILES string of the molecule is CCCOc1c(N(C)C)cccc1N1C=C(c2ccccn2)C=C(c2ccccc2Cl)C1. The van der Waals surface area contributed by atoms with Gasteiger partial charge in [-0.3, -0.25) is 4.98 Å². The molecule has 1 aliphatic rings. The maximum Gasteiger partial charge on any atom is 0.166 e. The summed E-state index contributed by atoms with van der Waals surface area (Å²) in [4.78, 5) is 8.91. The third-order valence-corrected chi connectivity index (χ3v) is 5.69. The number of anilines is 2. The molecule has 0 saturated carbocycles. The van der Waals surface area contributed by atoms with Crippen LogP contribution in [0.2, 0.25) is 5.02 Å². The van der Waals surface area contributed by atoms with Crippen molar-refractivity contribution in [3.05, 3.63) is 95.4 Å². The molecule has 2 heterocycles. The lowest BCUT2D eigenvalue weighted by molar-refractivity contribution is 0.319. The van der Waals surface area contributed by atoms with E-state index in [9.17, 15) is 0 Å². The van der Waals surface area contributed by atoms with Gasteiger partial charge in [-0.1, -0.05) is 48.9 Å². The molecule has 0 saturated heterocycles. The Morgan fingerprint density at radius 1 is 1.03 bits per heavy atom. The van der Waals surface area contributed by atoms with E-state index >= 15 is 0 Å². The highest BCUT2D eigenvalue weighted by atomic mass is 35.5. The van der Waals surface area contributed by atoms with E-state index in [0.29, 0.717) is 13.2 Å². The third-order valence-electron chi connectivity index (χ3n) is 5.36. The van der Waals surface area contributed by atoms with Gasteiger partial charge in [0.2, 0.25) is 0 Å². The molecule has 0 radical (unpaired) electrons. The minimum atomic E-state index is 0.662. The van der Waals surface area contributed by atoms with Crippen molar-refractivity contribution in [3.8, 4) is 5.75 Å². The van der Waals surface area contributed by atoms with Crippen LogP contribution in [0.4, 0.5) is 11.4 Å². The van der Waals surface area contributed by atoms with Crippen LogP contribution in [0.25, 0.3) is 11.1 Å². The summed E-state index contributed by atoms with van der Waals surface area (Å²) < 4.78 is 6.26. The maximum atomic E-state index is 6.59. The fourth-order valence-electron chi connectivity index (χ4n) is 3.82. The maximum absolute atomic E-state index is 6.59. The van der Waals surface area contributed by atoms with Crippen molar-refractivity contribution in [3.63, 3.8) is 0 Å². The number of ether oxygens (including phenoxy) is 1. The number of rotatable bonds is 7. The minimum Gasteiger partial charge on any atom is -0.489 e. The summed E-state index contributed by atoms with van der Waals surface area (Å²) in [6.07, 6.45) is 7.10. The molecule has 3 aromatic rings. The van der Waals surface area contributed by atoms with E-state index in [1.54, 1.807) is 0 Å². The van der Waals surface area contributed by atoms with Gasteiger partial charge in [0.1, 0.15) is 0 Å². The Kier molecular flexibility index (Phi) is 6.81. The highest BCUT2D eigenvalue weighted by molar-refractivity contribution is 6.32. The molecular formula is C27H28ClN3O. The fourth-order valence-corrected chi connectivity index (χ4v) is 4.08. The molecule has 5 heteroatoms. The topological polar surface area (TPSA) is 28.6 Å². The van der Waals surface area contributed by atoms with Crippen molar-refractivity contribution in [2.75, 3.05) is 37.0 Å². The molecule has 32 heavy (non-hydrogen) atoms. The zero-order chi connectivity index (χ0) is 22.5. The Bertz CT molecular complexity index is 1140. The predicted molar refractivity (Wildman–Crippen MR) is 136 cm³/mol. The van der Waals surface area contributed by atoms with Gasteiger partial charge in [0.05, 0.1) is 23.7 Å². The molecule has 4 nitrogen and oxygen atoms in total. The minimum absolute atomic E-state index is 0.662. The highest BCUT2D eigenvalue weighted by Gasteiger charge is 2.22. The van der Waals surface area contributed by atoms with E-state index < -0.39 is 0 Å². The Hall–Kier alpha value is -3.24. The lowest BCUT2D eigenvalue weighted by Crippen LogP contribution is -2.24. The molecule has 1 aliphatic heterocycles. The lowest BCUT2D eigenvalue weighted by atomic mass is 9.97. The molecule has 0 amide bonds. The largest absolute Gasteiger partial charge is 0.489 e. The van der Waals surface area contributed by atoms with Gasteiger partial charge in [0, 0.05) is 43.6 Å². The highest BCUT2D eigenvalue weighted by Crippen LogP contribution is 2.41. The van der Waals surface area contributed by atoms with Gasteiger partial charge in [-0.05, 0) is 54.0 Å². The van der Waals surface area contributed by atoms with E-state index in [-0.39, 0.29) is 0 Å². The van der Waals surface area contributed by atoms with E-state index in [0.717, 1.165) is 51.0 Å². The summed E-state index contributed by atoms with van der Waals surface area (Å²) in [5.41, 5.74) is 6.19. The first-order valence-corrected chi connectivity index (χ1v) is 11.2. The van der Waals surface area contributed by atoms with Gasteiger partial charge >= 0.3 is 0 Å². The van der Waals surface area contributed by atoms with E-state index in [1.165, 1.54) is 0 Å². The normalized spacial score (nSPS) is 13.4. The van der Waals surface area contributed by atoms with Gasteiger partial charge in [0.15, 0.2) is 5.75 Å². The van der Waals surface area contributed by atoms with Gasteiger partial charge in [-0.25, -0.2) is 0 Å². The molecule has 0 N–H and O–H groups in total.